The highest BCUT2D eigenvalue weighted by Gasteiger charge is 2.42. The van der Waals surface area contributed by atoms with Crippen molar-refractivity contribution in [2.75, 3.05) is 26.9 Å². The number of carbonyl (C=O) groups is 1. The number of carbonyl (C=O) groups excluding carboxylic acids is 1. The molecule has 1 unspecified atom stereocenters. The predicted molar refractivity (Wildman–Crippen MR) is 111 cm³/mol. The van der Waals surface area contributed by atoms with Gasteiger partial charge in [-0.1, -0.05) is 19.3 Å². The molecule has 8 nitrogen and oxygen atoms in total. The van der Waals surface area contributed by atoms with Gasteiger partial charge in [0, 0.05) is 19.8 Å². The molecule has 0 bridgehead atoms. The number of nitrogens with zero attached hydrogens (tertiary/aromatic N) is 1. The number of nitrogens with one attached hydrogen (secondary N) is 1. The summed E-state index contributed by atoms with van der Waals surface area (Å²) in [5.41, 5.74) is 1.73. The molecule has 1 heterocycles. The zero-order chi connectivity index (χ0) is 21.6. The smallest absolute Gasteiger partial charge is 0.262 e. The topological polar surface area (TPSA) is 105 Å². The van der Waals surface area contributed by atoms with Gasteiger partial charge in [-0.05, 0) is 61.8 Å². The van der Waals surface area contributed by atoms with E-state index in [0.29, 0.717) is 19.0 Å². The van der Waals surface area contributed by atoms with E-state index in [1.807, 2.05) is 0 Å². The van der Waals surface area contributed by atoms with Crippen molar-refractivity contribution in [3.8, 4) is 5.75 Å². The van der Waals surface area contributed by atoms with Gasteiger partial charge in [0.15, 0.2) is 0 Å². The first-order valence-electron chi connectivity index (χ1n) is 10.6. The molecule has 9 heteroatoms. The Morgan fingerprint density at radius 2 is 1.80 bits per heavy atom. The molecule has 1 aromatic rings. The van der Waals surface area contributed by atoms with Gasteiger partial charge in [0.1, 0.15) is 11.8 Å². The Kier molecular flexibility index (Phi) is 8.10. The van der Waals surface area contributed by atoms with Crippen molar-refractivity contribution >= 4 is 15.9 Å². The molecule has 2 aliphatic rings. The quantitative estimate of drug-likeness (QED) is 0.475. The number of amides is 1. The fraction of sp³-hybridized carbons (Fsp3) is 0.667. The van der Waals surface area contributed by atoms with E-state index in [9.17, 15) is 18.4 Å². The van der Waals surface area contributed by atoms with Crippen LogP contribution in [-0.2, 0) is 19.6 Å². The molecule has 3 rings (SSSR count). The summed E-state index contributed by atoms with van der Waals surface area (Å²) < 4.78 is 39.3. The Labute approximate surface area is 178 Å². The molecule has 1 aliphatic heterocycles. The van der Waals surface area contributed by atoms with Crippen molar-refractivity contribution < 1.29 is 27.9 Å². The van der Waals surface area contributed by atoms with E-state index in [-0.39, 0.29) is 23.3 Å². The molecule has 1 saturated carbocycles. The summed E-state index contributed by atoms with van der Waals surface area (Å²) in [4.78, 5) is 12.9. The van der Waals surface area contributed by atoms with Gasteiger partial charge < -0.3 is 9.47 Å². The van der Waals surface area contributed by atoms with Gasteiger partial charge in [0.25, 0.3) is 5.91 Å². The maximum absolute atomic E-state index is 13.7. The molecule has 0 aromatic heterocycles. The second-order valence-corrected chi connectivity index (χ2v) is 10.0. The van der Waals surface area contributed by atoms with Gasteiger partial charge in [-0.3, -0.25) is 10.0 Å². The van der Waals surface area contributed by atoms with E-state index < -0.39 is 22.0 Å². The first-order chi connectivity index (χ1) is 14.5. The van der Waals surface area contributed by atoms with Gasteiger partial charge in [-0.15, -0.1) is 0 Å². The third kappa shape index (κ3) is 5.32. The maximum atomic E-state index is 13.7. The van der Waals surface area contributed by atoms with Gasteiger partial charge >= 0.3 is 0 Å². The summed E-state index contributed by atoms with van der Waals surface area (Å²) >= 11 is 0. The minimum absolute atomic E-state index is 0.101. The summed E-state index contributed by atoms with van der Waals surface area (Å²) in [7, 11) is -2.44. The molecule has 1 aromatic carbocycles. The normalized spacial score (nSPS) is 20.1. The van der Waals surface area contributed by atoms with Crippen LogP contribution in [0.1, 0.15) is 44.9 Å². The zero-order valence-corrected chi connectivity index (χ0v) is 18.3. The first kappa shape index (κ1) is 23.0. The monoisotopic (exact) mass is 440 g/mol. The van der Waals surface area contributed by atoms with Crippen molar-refractivity contribution in [2.24, 2.45) is 11.8 Å². The molecular weight excluding hydrogens is 408 g/mol. The second kappa shape index (κ2) is 10.6. The Hall–Kier alpha value is -1.68. The number of hydrogen-bond donors (Lipinski definition) is 2. The lowest BCUT2D eigenvalue weighted by Crippen LogP contribution is -2.54. The lowest BCUT2D eigenvalue weighted by atomic mass is 9.83. The largest absolute Gasteiger partial charge is 0.497 e. The van der Waals surface area contributed by atoms with Crippen molar-refractivity contribution in [1.82, 2.24) is 9.79 Å². The molecule has 30 heavy (non-hydrogen) atoms. The van der Waals surface area contributed by atoms with E-state index in [1.54, 1.807) is 17.6 Å². The average Bonchev–Trinajstić information content (AvgIpc) is 2.80. The highest BCUT2D eigenvalue weighted by molar-refractivity contribution is 7.89. The van der Waals surface area contributed by atoms with Gasteiger partial charge in [0.2, 0.25) is 10.0 Å². The standard InChI is InChI=1S/C21H32N2O6S/c1-28-18-7-9-19(10-8-18)30(26,27)23(15-16-11-13-29-14-12-16)20(21(24)22-25)17-5-3-2-4-6-17/h7-10,16-17,20,25H,2-6,11-15H2,1H3,(H,22,24). The average molecular weight is 441 g/mol. The third-order valence-electron chi connectivity index (χ3n) is 6.23. The van der Waals surface area contributed by atoms with Crippen LogP contribution in [-0.4, -0.2) is 56.7 Å². The number of sulfonamides is 1. The fourth-order valence-electron chi connectivity index (χ4n) is 4.52. The number of hydrogen-bond acceptors (Lipinski definition) is 6. The Morgan fingerprint density at radius 3 is 2.37 bits per heavy atom. The summed E-state index contributed by atoms with van der Waals surface area (Å²) in [6.07, 6.45) is 6.00. The lowest BCUT2D eigenvalue weighted by molar-refractivity contribution is -0.135. The minimum Gasteiger partial charge on any atom is -0.497 e. The second-order valence-electron chi connectivity index (χ2n) is 8.12. The van der Waals surface area contributed by atoms with Crippen LogP contribution in [0.4, 0.5) is 0 Å². The SMILES string of the molecule is COc1ccc(S(=O)(=O)N(CC2CCOCC2)C(C(=O)NO)C2CCCCC2)cc1. The summed E-state index contributed by atoms with van der Waals surface area (Å²) in [5, 5.41) is 9.44. The molecule has 2 N–H and O–H groups in total. The first-order valence-corrected chi connectivity index (χ1v) is 12.1. The van der Waals surface area contributed by atoms with E-state index in [4.69, 9.17) is 9.47 Å². The molecule has 1 atom stereocenters. The van der Waals surface area contributed by atoms with Crippen molar-refractivity contribution in [3.05, 3.63) is 24.3 Å². The van der Waals surface area contributed by atoms with Crippen LogP contribution in [0, 0.1) is 11.8 Å². The molecule has 1 aliphatic carbocycles. The molecular formula is C21H32N2O6S. The number of methoxy groups -OCH3 is 1. The van der Waals surface area contributed by atoms with Crippen LogP contribution in [0.5, 0.6) is 5.75 Å². The van der Waals surface area contributed by atoms with E-state index in [1.165, 1.54) is 23.5 Å². The van der Waals surface area contributed by atoms with Crippen molar-refractivity contribution in [2.45, 2.75) is 55.9 Å². The van der Waals surface area contributed by atoms with Crippen LogP contribution in [0.3, 0.4) is 0 Å². The Morgan fingerprint density at radius 1 is 1.17 bits per heavy atom. The van der Waals surface area contributed by atoms with Crippen molar-refractivity contribution in [3.63, 3.8) is 0 Å². The number of benzene rings is 1. The summed E-state index contributed by atoms with van der Waals surface area (Å²) in [6.45, 7) is 1.40. The molecule has 0 spiro atoms. The van der Waals surface area contributed by atoms with Crippen LogP contribution in [0.2, 0.25) is 0 Å². The third-order valence-corrected chi connectivity index (χ3v) is 8.09. The predicted octanol–water partition coefficient (Wildman–Crippen LogP) is 2.57. The number of rotatable bonds is 8. The summed E-state index contributed by atoms with van der Waals surface area (Å²) in [6, 6.07) is 5.26. The molecule has 2 fully saturated rings. The molecule has 0 radical (unpaired) electrons. The molecule has 1 saturated heterocycles. The van der Waals surface area contributed by atoms with Gasteiger partial charge in [-0.25, -0.2) is 13.9 Å². The fourth-order valence-corrected chi connectivity index (χ4v) is 6.25. The van der Waals surface area contributed by atoms with Crippen LogP contribution < -0.4 is 10.2 Å². The Bertz CT molecular complexity index is 786. The lowest BCUT2D eigenvalue weighted by Gasteiger charge is -2.38. The van der Waals surface area contributed by atoms with Crippen LogP contribution in [0.25, 0.3) is 0 Å². The van der Waals surface area contributed by atoms with E-state index in [2.05, 4.69) is 0 Å². The minimum atomic E-state index is -3.96. The maximum Gasteiger partial charge on any atom is 0.262 e. The van der Waals surface area contributed by atoms with E-state index in [0.717, 1.165) is 44.9 Å². The van der Waals surface area contributed by atoms with Gasteiger partial charge in [0.05, 0.1) is 12.0 Å². The zero-order valence-electron chi connectivity index (χ0n) is 17.5. The highest BCUT2D eigenvalue weighted by Crippen LogP contribution is 2.34. The number of hydroxylamine groups is 1. The Balaban J connectivity index is 1.98. The van der Waals surface area contributed by atoms with Gasteiger partial charge in [-0.2, -0.15) is 4.31 Å². The molecule has 168 valence electrons. The van der Waals surface area contributed by atoms with E-state index >= 15 is 0 Å². The summed E-state index contributed by atoms with van der Waals surface area (Å²) in [5.74, 6) is -0.129. The molecule has 1 amide bonds. The number of ether oxygens (including phenoxy) is 2. The van der Waals surface area contributed by atoms with Crippen molar-refractivity contribution in [1.29, 1.82) is 0 Å². The highest BCUT2D eigenvalue weighted by atomic mass is 32.2. The van der Waals surface area contributed by atoms with Crippen LogP contribution >= 0.6 is 0 Å². The van der Waals surface area contributed by atoms with Crippen LogP contribution in [0.15, 0.2) is 29.2 Å².